The summed E-state index contributed by atoms with van der Waals surface area (Å²) in [6, 6.07) is 141. The Hall–Kier alpha value is -19.2. The van der Waals surface area contributed by atoms with Gasteiger partial charge in [-0.2, -0.15) is 36.8 Å². The Labute approximate surface area is 747 Å². The molecule has 0 aliphatic heterocycles. The van der Waals surface area contributed by atoms with Gasteiger partial charge in [0.05, 0.1) is 115 Å². The van der Waals surface area contributed by atoms with E-state index in [1.54, 1.807) is 18.2 Å². The third kappa shape index (κ3) is 14.0. The van der Waals surface area contributed by atoms with E-state index in [1.807, 2.05) is 303 Å². The average molecular weight is 1650 g/mol. The van der Waals surface area contributed by atoms with E-state index in [2.05, 4.69) is 112 Å². The molecule has 0 unspecified atom stereocenters. The molecule has 0 spiro atoms. The van der Waals surface area contributed by atoms with Crippen LogP contribution in [0.4, 0.5) is 0 Å². The minimum Gasteiger partial charge on any atom is -0.308 e. The van der Waals surface area contributed by atoms with Crippen molar-refractivity contribution < 1.29 is 0 Å². The topological polar surface area (TPSA) is 254 Å². The summed E-state index contributed by atoms with van der Waals surface area (Å²) < 4.78 is 4.41. The van der Waals surface area contributed by atoms with Crippen molar-refractivity contribution in [3.05, 3.63) is 421 Å². The molecule has 0 saturated carbocycles. The summed E-state index contributed by atoms with van der Waals surface area (Å²) in [5, 5.41) is 81.2. The first-order valence-electron chi connectivity index (χ1n) is 41.9. The number of rotatable bonds is 16. The van der Waals surface area contributed by atoms with Crippen molar-refractivity contribution in [2.45, 2.75) is 0 Å². The SMILES string of the molecule is N#Cc1cc(-c2ccc(C#N)c(-c3ccc4c(c3)c3cc(-c5ccccc5C#N)ccc3n4-c3c(-c4ccccc4C#N)cc(-c4nc(-c5ccccc5)nc(-c5ccccc5)n4)cc3-c3ccccc3C#N)c2)cc(-c2ccc3c(c2)c2ccccc2n3-c2c(-c3ccccc3C#N)cc(-c3nc(-c4ccccc4)nc(-c4ccccc4)n3)cc2-c2ccccc2C#N)c1. The third-order valence-electron chi connectivity index (χ3n) is 23.9. The van der Waals surface area contributed by atoms with Gasteiger partial charge in [0.15, 0.2) is 34.9 Å². The van der Waals surface area contributed by atoms with E-state index in [0.29, 0.717) is 152 Å². The Balaban J connectivity index is 0.744. The first-order valence-corrected chi connectivity index (χ1v) is 41.9. The molecule has 4 heterocycles. The molecule has 0 bridgehead atoms. The molecule has 0 radical (unpaired) electrons. The quantitative estimate of drug-likeness (QED) is 0.0873. The number of nitrogens with zero attached hydrogens (tertiary/aromatic N) is 15. The normalized spacial score (nSPS) is 11.0. The lowest BCUT2D eigenvalue weighted by Crippen LogP contribution is -2.05. The van der Waals surface area contributed by atoms with Gasteiger partial charge in [-0.15, -0.1) is 0 Å². The van der Waals surface area contributed by atoms with Gasteiger partial charge in [-0.25, -0.2) is 29.9 Å². The van der Waals surface area contributed by atoms with Crippen molar-refractivity contribution >= 4 is 43.6 Å². The van der Waals surface area contributed by atoms with Gasteiger partial charge in [0.1, 0.15) is 0 Å². The molecule has 15 heteroatoms. The lowest BCUT2D eigenvalue weighted by Gasteiger charge is -2.22. The monoisotopic (exact) mass is 1650 g/mol. The van der Waals surface area contributed by atoms with E-state index in [9.17, 15) is 36.8 Å². The molecule has 21 rings (SSSR count). The van der Waals surface area contributed by atoms with Crippen LogP contribution in [0.25, 0.3) is 212 Å². The molecule has 0 N–H and O–H groups in total. The van der Waals surface area contributed by atoms with Crippen LogP contribution in [0.5, 0.6) is 0 Å². The van der Waals surface area contributed by atoms with Gasteiger partial charge in [0.2, 0.25) is 0 Å². The van der Waals surface area contributed by atoms with Crippen LogP contribution in [-0.4, -0.2) is 39.0 Å². The summed E-state index contributed by atoms with van der Waals surface area (Å²) in [6.45, 7) is 0. The van der Waals surface area contributed by atoms with Crippen LogP contribution in [0.15, 0.2) is 382 Å². The fourth-order valence-corrected chi connectivity index (χ4v) is 17.9. The molecule has 0 aliphatic rings. The Morgan fingerprint density at radius 3 is 0.792 bits per heavy atom. The zero-order valence-corrected chi connectivity index (χ0v) is 69.1. The summed E-state index contributed by atoms with van der Waals surface area (Å²) in [6.07, 6.45) is 0. The molecule has 21 aromatic rings. The second-order valence-electron chi connectivity index (χ2n) is 31.4. The van der Waals surface area contributed by atoms with Crippen molar-refractivity contribution in [1.29, 1.82) is 36.8 Å². The highest BCUT2D eigenvalue weighted by Crippen LogP contribution is 2.50. The Kier molecular flexibility index (Phi) is 19.9. The lowest BCUT2D eigenvalue weighted by molar-refractivity contribution is 1.07. The minimum absolute atomic E-state index is 0.354. The molecular weight excluding hydrogens is 1590 g/mol. The molecule has 15 nitrogen and oxygen atoms in total. The second-order valence-corrected chi connectivity index (χ2v) is 31.4. The second kappa shape index (κ2) is 33.2. The zero-order chi connectivity index (χ0) is 87.9. The van der Waals surface area contributed by atoms with Crippen molar-refractivity contribution in [3.8, 4) is 211 Å². The van der Waals surface area contributed by atoms with Gasteiger partial charge in [0.25, 0.3) is 0 Å². The average Bonchev–Trinajstić information content (AvgIpc) is 1.55. The zero-order valence-electron chi connectivity index (χ0n) is 69.1. The van der Waals surface area contributed by atoms with Crippen LogP contribution in [0, 0.1) is 79.3 Å². The van der Waals surface area contributed by atoms with Crippen molar-refractivity contribution in [2.75, 3.05) is 0 Å². The molecule has 0 aliphatic carbocycles. The van der Waals surface area contributed by atoms with E-state index in [4.69, 9.17) is 29.9 Å². The van der Waals surface area contributed by atoms with E-state index in [0.717, 1.165) is 99.2 Å². The summed E-state index contributed by atoms with van der Waals surface area (Å²) in [4.78, 5) is 31.0. The molecule has 17 aromatic carbocycles. The van der Waals surface area contributed by atoms with Crippen LogP contribution in [0.3, 0.4) is 0 Å². The van der Waals surface area contributed by atoms with Crippen LogP contribution >= 0.6 is 0 Å². The molecule has 130 heavy (non-hydrogen) atoms. The largest absolute Gasteiger partial charge is 0.308 e. The molecule has 4 aromatic heterocycles. The van der Waals surface area contributed by atoms with Crippen molar-refractivity contribution in [1.82, 2.24) is 39.0 Å². The summed E-state index contributed by atoms with van der Waals surface area (Å²) >= 11 is 0. The van der Waals surface area contributed by atoms with E-state index in [1.165, 1.54) is 0 Å². The number of aromatic nitrogens is 8. The fourth-order valence-electron chi connectivity index (χ4n) is 17.9. The molecule has 0 atom stereocenters. The predicted octanol–water partition coefficient (Wildman–Crippen LogP) is 26.7. The van der Waals surface area contributed by atoms with Gasteiger partial charge in [-0.05, 0) is 166 Å². The predicted molar refractivity (Wildman–Crippen MR) is 511 cm³/mol. The maximum absolute atomic E-state index is 11.3. The van der Waals surface area contributed by atoms with Gasteiger partial charge in [-0.1, -0.05) is 255 Å². The number of hydrogen-bond acceptors (Lipinski definition) is 13. The smallest absolute Gasteiger partial charge is 0.164 e. The first kappa shape index (κ1) is 78.1. The molecule has 0 fully saturated rings. The van der Waals surface area contributed by atoms with E-state index < -0.39 is 0 Å². The van der Waals surface area contributed by atoms with Gasteiger partial charge in [-0.3, -0.25) is 0 Å². The van der Waals surface area contributed by atoms with Gasteiger partial charge < -0.3 is 9.13 Å². The highest BCUT2D eigenvalue weighted by atomic mass is 15.1. The van der Waals surface area contributed by atoms with Gasteiger partial charge in [0, 0.05) is 105 Å². The summed E-state index contributed by atoms with van der Waals surface area (Å²) in [5.41, 5.74) is 22.7. The van der Waals surface area contributed by atoms with Crippen LogP contribution in [-0.2, 0) is 0 Å². The lowest BCUT2D eigenvalue weighted by atomic mass is 9.89. The highest BCUT2D eigenvalue weighted by molar-refractivity contribution is 6.15. The van der Waals surface area contributed by atoms with Crippen LogP contribution < -0.4 is 0 Å². The maximum atomic E-state index is 11.3. The van der Waals surface area contributed by atoms with E-state index >= 15 is 0 Å². The molecular formula is C115H63N15. The number of para-hydroxylation sites is 1. The standard InChI is InChI=1S/C115H63N15/c116-64-71-53-86(55-87(54-71)77-47-50-105-97(57-77)95-43-23-24-44-104(95)129(105)108-100(91-39-19-14-34-81(91)66-118)60-88(61-101(108)92-40-20-15-35-82(92)67-119)114-125-110(72-25-5-1-6-26-72)123-111(126-114)73-27-7-2-8-28-73)76-45-46-85(70-122)96(56-76)79-49-52-107-99(59-79)98-58-78(90-38-18-13-33-80(90)65-117)48-51-106(98)130(107)109-102(93-41-21-16-36-83(93)68-120)62-89(63-103(109)94-42-22-17-37-84(94)69-121)115-127-112(74-29-9-3-10-30-74)124-113(128-115)75-31-11-4-12-32-75/h1-63H. The highest BCUT2D eigenvalue weighted by Gasteiger charge is 2.30. The number of benzene rings is 17. The third-order valence-corrected chi connectivity index (χ3v) is 23.9. The number of fused-ring (bicyclic) bond motifs is 6. The molecule has 0 saturated heterocycles. The van der Waals surface area contributed by atoms with Crippen molar-refractivity contribution in [2.24, 2.45) is 0 Å². The first-order chi connectivity index (χ1) is 64.1. The minimum atomic E-state index is 0.354. The summed E-state index contributed by atoms with van der Waals surface area (Å²) in [5.74, 6) is 2.56. The Bertz CT molecular complexity index is 8300. The van der Waals surface area contributed by atoms with Crippen molar-refractivity contribution in [3.63, 3.8) is 0 Å². The fraction of sp³-hybridized carbons (Fsp3) is 0. The van der Waals surface area contributed by atoms with Crippen LogP contribution in [0.2, 0.25) is 0 Å². The van der Waals surface area contributed by atoms with E-state index in [-0.39, 0.29) is 0 Å². The molecule has 598 valence electrons. The van der Waals surface area contributed by atoms with Gasteiger partial charge >= 0.3 is 0 Å². The number of nitriles is 7. The Morgan fingerprint density at radius 2 is 0.423 bits per heavy atom. The Morgan fingerprint density at radius 1 is 0.162 bits per heavy atom. The number of hydrogen-bond donors (Lipinski definition) is 0. The molecule has 0 amide bonds. The maximum Gasteiger partial charge on any atom is 0.164 e. The van der Waals surface area contributed by atoms with Crippen LogP contribution in [0.1, 0.15) is 38.9 Å². The summed E-state index contributed by atoms with van der Waals surface area (Å²) in [7, 11) is 0.